The van der Waals surface area contributed by atoms with Crippen LogP contribution >= 0.6 is 15.9 Å². The minimum Gasteiger partial charge on any atom is -0.342 e. The Morgan fingerprint density at radius 3 is 2.91 bits per heavy atom. The number of halogens is 1. The largest absolute Gasteiger partial charge is 0.342 e. The fourth-order valence-corrected chi connectivity index (χ4v) is 2.02. The molecule has 0 aromatic carbocycles. The Bertz CT molecular complexity index is 334. The first-order valence-corrected chi connectivity index (χ1v) is 4.49. The van der Waals surface area contributed by atoms with E-state index in [2.05, 4.69) is 46.6 Å². The van der Waals surface area contributed by atoms with E-state index in [4.69, 9.17) is 0 Å². The molecule has 11 heavy (non-hydrogen) atoms. The van der Waals surface area contributed by atoms with E-state index in [1.54, 1.807) is 0 Å². The summed E-state index contributed by atoms with van der Waals surface area (Å²) in [6, 6.07) is 2.17. The molecule has 0 saturated carbocycles. The summed E-state index contributed by atoms with van der Waals surface area (Å²) in [6.07, 6.45) is 3.36. The monoisotopic (exact) mass is 211 g/mol. The summed E-state index contributed by atoms with van der Waals surface area (Å²) in [5.41, 5.74) is 4.25. The van der Waals surface area contributed by atoms with Crippen LogP contribution in [0, 0.1) is 0 Å². The van der Waals surface area contributed by atoms with Gasteiger partial charge in [0.05, 0.1) is 4.60 Å². The summed E-state index contributed by atoms with van der Waals surface area (Å²) in [6.45, 7) is 2.17. The van der Waals surface area contributed by atoms with Crippen LogP contribution < -0.4 is 0 Å². The molecule has 0 amide bonds. The van der Waals surface area contributed by atoms with Gasteiger partial charge in [0.25, 0.3) is 0 Å². The smallest absolute Gasteiger partial charge is 0.0852 e. The molecular formula is C9H10BrN. The van der Waals surface area contributed by atoms with Gasteiger partial charge in [0.15, 0.2) is 0 Å². The van der Waals surface area contributed by atoms with Gasteiger partial charge in [-0.1, -0.05) is 11.6 Å². The van der Waals surface area contributed by atoms with E-state index in [1.165, 1.54) is 21.4 Å². The summed E-state index contributed by atoms with van der Waals surface area (Å²) in [7, 11) is 2.09. The van der Waals surface area contributed by atoms with Crippen LogP contribution in [0.2, 0.25) is 0 Å². The Kier molecular flexibility index (Phi) is 1.46. The maximum Gasteiger partial charge on any atom is 0.0852 e. The minimum absolute atomic E-state index is 1.11. The lowest BCUT2D eigenvalue weighted by Crippen LogP contribution is -1.94. The van der Waals surface area contributed by atoms with Gasteiger partial charge in [0.2, 0.25) is 0 Å². The van der Waals surface area contributed by atoms with Crippen molar-refractivity contribution in [3.05, 3.63) is 27.5 Å². The zero-order chi connectivity index (χ0) is 8.01. The summed E-state index contributed by atoms with van der Waals surface area (Å²) >= 11 is 3.50. The Morgan fingerprint density at radius 1 is 1.55 bits per heavy atom. The molecule has 0 fully saturated rings. The summed E-state index contributed by atoms with van der Waals surface area (Å²) in [4.78, 5) is 0. The fourth-order valence-electron chi connectivity index (χ4n) is 1.56. The normalized spacial score (nSPS) is 15.0. The van der Waals surface area contributed by atoms with Gasteiger partial charge in [0.1, 0.15) is 0 Å². The van der Waals surface area contributed by atoms with Crippen LogP contribution in [0.4, 0.5) is 0 Å². The number of hydrogen-bond donors (Lipinski definition) is 0. The second-order valence-electron chi connectivity index (χ2n) is 3.10. The standard InChI is InChI=1S/C9H10BrN/c1-6-3-7-5-9(10)11(2)8(7)4-6/h3,5H,4H2,1-2H3. The maximum absolute atomic E-state index is 3.50. The van der Waals surface area contributed by atoms with Crippen molar-refractivity contribution in [2.24, 2.45) is 7.05 Å². The molecule has 0 saturated heterocycles. The third-order valence-electron chi connectivity index (χ3n) is 2.18. The molecule has 0 bridgehead atoms. The highest BCUT2D eigenvalue weighted by atomic mass is 79.9. The number of allylic oxidation sites excluding steroid dienone is 1. The van der Waals surface area contributed by atoms with Gasteiger partial charge in [-0.05, 0) is 34.5 Å². The van der Waals surface area contributed by atoms with Gasteiger partial charge in [0, 0.05) is 19.2 Å². The van der Waals surface area contributed by atoms with Crippen molar-refractivity contribution in [3.63, 3.8) is 0 Å². The Labute approximate surface area is 74.8 Å². The molecule has 2 rings (SSSR count). The third kappa shape index (κ3) is 0.968. The summed E-state index contributed by atoms with van der Waals surface area (Å²) in [5, 5.41) is 0. The van der Waals surface area contributed by atoms with Crippen LogP contribution in [0.5, 0.6) is 0 Å². The van der Waals surface area contributed by atoms with Crippen molar-refractivity contribution in [3.8, 4) is 0 Å². The van der Waals surface area contributed by atoms with Gasteiger partial charge in [-0.2, -0.15) is 0 Å². The van der Waals surface area contributed by atoms with Crippen LogP contribution in [0.3, 0.4) is 0 Å². The third-order valence-corrected chi connectivity index (χ3v) is 2.94. The average Bonchev–Trinajstić information content (AvgIpc) is 2.37. The van der Waals surface area contributed by atoms with E-state index in [1.807, 2.05) is 0 Å². The molecule has 0 radical (unpaired) electrons. The fraction of sp³-hybridized carbons (Fsp3) is 0.333. The molecule has 1 aromatic heterocycles. The first-order chi connectivity index (χ1) is 5.18. The van der Waals surface area contributed by atoms with Crippen molar-refractivity contribution in [2.75, 3.05) is 0 Å². The summed E-state index contributed by atoms with van der Waals surface area (Å²) < 4.78 is 3.37. The molecule has 58 valence electrons. The van der Waals surface area contributed by atoms with Crippen molar-refractivity contribution in [2.45, 2.75) is 13.3 Å². The van der Waals surface area contributed by atoms with Gasteiger partial charge in [-0.25, -0.2) is 0 Å². The van der Waals surface area contributed by atoms with Gasteiger partial charge >= 0.3 is 0 Å². The lowest BCUT2D eigenvalue weighted by atomic mass is 10.2. The Balaban J connectivity index is 2.59. The van der Waals surface area contributed by atoms with Crippen LogP contribution in [0.15, 0.2) is 16.2 Å². The number of rotatable bonds is 0. The quantitative estimate of drug-likeness (QED) is 0.623. The Morgan fingerprint density at radius 2 is 2.27 bits per heavy atom. The average molecular weight is 212 g/mol. The lowest BCUT2D eigenvalue weighted by molar-refractivity contribution is 0.833. The van der Waals surface area contributed by atoms with E-state index in [-0.39, 0.29) is 0 Å². The number of fused-ring (bicyclic) bond motifs is 1. The molecule has 2 heteroatoms. The highest BCUT2D eigenvalue weighted by Crippen LogP contribution is 2.29. The zero-order valence-electron chi connectivity index (χ0n) is 6.69. The molecule has 0 aliphatic heterocycles. The maximum atomic E-state index is 3.50. The minimum atomic E-state index is 1.11. The highest BCUT2D eigenvalue weighted by Gasteiger charge is 2.14. The van der Waals surface area contributed by atoms with Crippen LogP contribution in [0.25, 0.3) is 6.08 Å². The van der Waals surface area contributed by atoms with Crippen molar-refractivity contribution >= 4 is 22.0 Å². The first-order valence-electron chi connectivity index (χ1n) is 3.70. The predicted octanol–water partition coefficient (Wildman–Crippen LogP) is 2.75. The van der Waals surface area contributed by atoms with Gasteiger partial charge in [-0.15, -0.1) is 0 Å². The molecule has 1 nitrogen and oxygen atoms in total. The van der Waals surface area contributed by atoms with E-state index in [0.29, 0.717) is 0 Å². The number of hydrogen-bond acceptors (Lipinski definition) is 0. The van der Waals surface area contributed by atoms with E-state index >= 15 is 0 Å². The molecule has 1 aromatic rings. The second kappa shape index (κ2) is 2.24. The molecule has 0 spiro atoms. The molecule has 0 atom stereocenters. The van der Waals surface area contributed by atoms with E-state index in [9.17, 15) is 0 Å². The molecule has 1 heterocycles. The number of nitrogens with zero attached hydrogens (tertiary/aromatic N) is 1. The summed E-state index contributed by atoms with van der Waals surface area (Å²) in [5.74, 6) is 0. The van der Waals surface area contributed by atoms with Crippen LogP contribution in [-0.2, 0) is 13.5 Å². The first kappa shape index (κ1) is 7.17. The van der Waals surface area contributed by atoms with E-state index in [0.717, 1.165) is 6.42 Å². The van der Waals surface area contributed by atoms with Crippen LogP contribution in [0.1, 0.15) is 18.2 Å². The zero-order valence-corrected chi connectivity index (χ0v) is 8.27. The molecule has 0 N–H and O–H groups in total. The lowest BCUT2D eigenvalue weighted by Gasteiger charge is -2.00. The SMILES string of the molecule is CC1=Cc2cc(Br)n(C)c2C1. The van der Waals surface area contributed by atoms with E-state index < -0.39 is 0 Å². The molecular weight excluding hydrogens is 202 g/mol. The number of aromatic nitrogens is 1. The predicted molar refractivity (Wildman–Crippen MR) is 50.5 cm³/mol. The van der Waals surface area contributed by atoms with Crippen LogP contribution in [-0.4, -0.2) is 4.57 Å². The van der Waals surface area contributed by atoms with Crippen molar-refractivity contribution in [1.29, 1.82) is 0 Å². The van der Waals surface area contributed by atoms with Gasteiger partial charge in [-0.3, -0.25) is 0 Å². The van der Waals surface area contributed by atoms with Crippen molar-refractivity contribution in [1.82, 2.24) is 4.57 Å². The molecule has 1 aliphatic rings. The van der Waals surface area contributed by atoms with Gasteiger partial charge < -0.3 is 4.57 Å². The second-order valence-corrected chi connectivity index (χ2v) is 3.91. The highest BCUT2D eigenvalue weighted by molar-refractivity contribution is 9.10. The molecule has 1 aliphatic carbocycles. The molecule has 0 unspecified atom stereocenters. The Hall–Kier alpha value is -0.500. The topological polar surface area (TPSA) is 4.93 Å². The van der Waals surface area contributed by atoms with Crippen molar-refractivity contribution < 1.29 is 0 Å².